The fraction of sp³-hybridized carbons (Fsp3) is 0.625. The summed E-state index contributed by atoms with van der Waals surface area (Å²) in [6.07, 6.45) is 4.33. The number of rotatable bonds is 5. The van der Waals surface area contributed by atoms with E-state index in [2.05, 4.69) is 30.4 Å². The van der Waals surface area contributed by atoms with Crippen molar-refractivity contribution in [2.75, 3.05) is 13.7 Å². The molecule has 0 spiro atoms. The predicted molar refractivity (Wildman–Crippen MR) is 73.7 cm³/mol. The summed E-state index contributed by atoms with van der Waals surface area (Å²) in [5, 5.41) is 3.68. The van der Waals surface area contributed by atoms with Crippen LogP contribution in [0.5, 0.6) is 5.75 Å². The van der Waals surface area contributed by atoms with Crippen molar-refractivity contribution in [1.82, 2.24) is 5.32 Å². The fourth-order valence-electron chi connectivity index (χ4n) is 3.65. The van der Waals surface area contributed by atoms with Gasteiger partial charge in [0.15, 0.2) is 0 Å². The summed E-state index contributed by atoms with van der Waals surface area (Å²) < 4.78 is 5.35. The van der Waals surface area contributed by atoms with E-state index in [0.717, 1.165) is 30.0 Å². The van der Waals surface area contributed by atoms with E-state index >= 15 is 0 Å². The number of benzene rings is 1. The minimum Gasteiger partial charge on any atom is -0.497 e. The maximum atomic E-state index is 5.35. The first-order valence-electron chi connectivity index (χ1n) is 7.19. The molecule has 1 aromatic carbocycles. The van der Waals surface area contributed by atoms with Crippen molar-refractivity contribution in [1.29, 1.82) is 0 Å². The SMILES string of the molecule is CCNC(c1cccc(OC)c1)C1CC2CC2C1. The van der Waals surface area contributed by atoms with Crippen LogP contribution in [0.3, 0.4) is 0 Å². The summed E-state index contributed by atoms with van der Waals surface area (Å²) in [6, 6.07) is 9.07. The molecule has 1 aromatic rings. The molecule has 0 aromatic heterocycles. The Balaban J connectivity index is 1.79. The Kier molecular flexibility index (Phi) is 3.29. The van der Waals surface area contributed by atoms with E-state index < -0.39 is 0 Å². The smallest absolute Gasteiger partial charge is 0.119 e. The van der Waals surface area contributed by atoms with E-state index in [9.17, 15) is 0 Å². The van der Waals surface area contributed by atoms with Crippen LogP contribution in [0.15, 0.2) is 24.3 Å². The largest absolute Gasteiger partial charge is 0.497 e. The van der Waals surface area contributed by atoms with Crippen molar-refractivity contribution in [3.63, 3.8) is 0 Å². The van der Waals surface area contributed by atoms with Crippen LogP contribution in [0.25, 0.3) is 0 Å². The van der Waals surface area contributed by atoms with Crippen LogP contribution in [-0.4, -0.2) is 13.7 Å². The van der Waals surface area contributed by atoms with Crippen molar-refractivity contribution in [2.24, 2.45) is 17.8 Å². The summed E-state index contributed by atoms with van der Waals surface area (Å²) in [6.45, 7) is 3.23. The molecule has 2 aliphatic carbocycles. The van der Waals surface area contributed by atoms with E-state index in [1.807, 2.05) is 6.07 Å². The first-order valence-corrected chi connectivity index (χ1v) is 7.19. The summed E-state index contributed by atoms with van der Waals surface area (Å²) in [5.41, 5.74) is 1.39. The average Bonchev–Trinajstić information content (AvgIpc) is 3.03. The summed E-state index contributed by atoms with van der Waals surface area (Å²) in [7, 11) is 1.74. The van der Waals surface area contributed by atoms with Crippen LogP contribution in [0.2, 0.25) is 0 Å². The van der Waals surface area contributed by atoms with E-state index in [1.54, 1.807) is 7.11 Å². The topological polar surface area (TPSA) is 21.3 Å². The lowest BCUT2D eigenvalue weighted by Crippen LogP contribution is -2.27. The Morgan fingerprint density at radius 1 is 1.28 bits per heavy atom. The van der Waals surface area contributed by atoms with Crippen LogP contribution in [0, 0.1) is 17.8 Å². The molecule has 3 rings (SSSR count). The van der Waals surface area contributed by atoms with Crippen LogP contribution in [0.1, 0.15) is 37.8 Å². The van der Waals surface area contributed by atoms with Gasteiger partial charge in [0.1, 0.15) is 5.75 Å². The number of nitrogens with one attached hydrogen (secondary N) is 1. The Morgan fingerprint density at radius 3 is 2.72 bits per heavy atom. The highest BCUT2D eigenvalue weighted by Gasteiger charge is 2.47. The maximum absolute atomic E-state index is 5.35. The number of methoxy groups -OCH3 is 1. The Bertz CT molecular complexity index is 407. The minimum atomic E-state index is 0.512. The van der Waals surface area contributed by atoms with Gasteiger partial charge in [0.25, 0.3) is 0 Å². The van der Waals surface area contributed by atoms with Gasteiger partial charge in [-0.1, -0.05) is 19.1 Å². The Hall–Kier alpha value is -1.02. The highest BCUT2D eigenvalue weighted by molar-refractivity contribution is 5.31. The monoisotopic (exact) mass is 245 g/mol. The molecule has 18 heavy (non-hydrogen) atoms. The second kappa shape index (κ2) is 4.93. The van der Waals surface area contributed by atoms with Crippen molar-refractivity contribution in [3.8, 4) is 5.75 Å². The van der Waals surface area contributed by atoms with E-state index in [1.165, 1.54) is 24.8 Å². The molecule has 2 aliphatic rings. The van der Waals surface area contributed by atoms with Gasteiger partial charge in [-0.3, -0.25) is 0 Å². The zero-order valence-electron chi connectivity index (χ0n) is 11.4. The Labute approximate surface area is 110 Å². The van der Waals surface area contributed by atoms with Crippen LogP contribution >= 0.6 is 0 Å². The molecule has 3 unspecified atom stereocenters. The molecule has 3 atom stereocenters. The molecule has 2 saturated carbocycles. The lowest BCUT2D eigenvalue weighted by atomic mass is 9.89. The number of hydrogen-bond acceptors (Lipinski definition) is 2. The first-order chi connectivity index (χ1) is 8.81. The first kappa shape index (κ1) is 12.0. The molecular weight excluding hydrogens is 222 g/mol. The Morgan fingerprint density at radius 2 is 2.06 bits per heavy atom. The van der Waals surface area contributed by atoms with Gasteiger partial charge >= 0.3 is 0 Å². The zero-order chi connectivity index (χ0) is 12.5. The van der Waals surface area contributed by atoms with Gasteiger partial charge in [-0.25, -0.2) is 0 Å². The van der Waals surface area contributed by atoms with Gasteiger partial charge in [0.05, 0.1) is 7.11 Å². The number of fused-ring (bicyclic) bond motifs is 1. The molecule has 1 N–H and O–H groups in total. The van der Waals surface area contributed by atoms with Crippen LogP contribution in [0.4, 0.5) is 0 Å². The highest BCUT2D eigenvalue weighted by Crippen LogP contribution is 2.57. The van der Waals surface area contributed by atoms with E-state index in [-0.39, 0.29) is 0 Å². The second-order valence-corrected chi connectivity index (χ2v) is 5.80. The molecule has 0 heterocycles. The zero-order valence-corrected chi connectivity index (χ0v) is 11.4. The summed E-state index contributed by atoms with van der Waals surface area (Å²) >= 11 is 0. The maximum Gasteiger partial charge on any atom is 0.119 e. The third-order valence-corrected chi connectivity index (χ3v) is 4.63. The van der Waals surface area contributed by atoms with Gasteiger partial charge in [-0.2, -0.15) is 0 Å². The molecule has 0 bridgehead atoms. The van der Waals surface area contributed by atoms with Crippen molar-refractivity contribution < 1.29 is 4.74 Å². The molecule has 2 fully saturated rings. The lowest BCUT2D eigenvalue weighted by Gasteiger charge is -2.26. The highest BCUT2D eigenvalue weighted by atomic mass is 16.5. The summed E-state index contributed by atoms with van der Waals surface area (Å²) in [4.78, 5) is 0. The number of ether oxygens (including phenoxy) is 1. The van der Waals surface area contributed by atoms with E-state index in [4.69, 9.17) is 4.74 Å². The average molecular weight is 245 g/mol. The molecule has 0 saturated heterocycles. The predicted octanol–water partition coefficient (Wildman–Crippen LogP) is 3.39. The van der Waals surface area contributed by atoms with Crippen LogP contribution in [-0.2, 0) is 0 Å². The molecule has 0 amide bonds. The minimum absolute atomic E-state index is 0.512. The van der Waals surface area contributed by atoms with Crippen molar-refractivity contribution in [2.45, 2.75) is 32.2 Å². The van der Waals surface area contributed by atoms with E-state index in [0.29, 0.717) is 6.04 Å². The van der Waals surface area contributed by atoms with Gasteiger partial charge in [0, 0.05) is 6.04 Å². The van der Waals surface area contributed by atoms with Gasteiger partial charge in [0.2, 0.25) is 0 Å². The normalized spacial score (nSPS) is 30.9. The van der Waals surface area contributed by atoms with Gasteiger partial charge < -0.3 is 10.1 Å². The lowest BCUT2D eigenvalue weighted by molar-refractivity contribution is 0.344. The van der Waals surface area contributed by atoms with Crippen molar-refractivity contribution >= 4 is 0 Å². The third kappa shape index (κ3) is 2.26. The molecular formula is C16H23NO. The standard InChI is InChI=1S/C16H23NO/c1-3-17-16(14-8-12-7-13(12)9-14)11-5-4-6-15(10-11)18-2/h4-6,10,12-14,16-17H,3,7-9H2,1-2H3. The second-order valence-electron chi connectivity index (χ2n) is 5.80. The quantitative estimate of drug-likeness (QED) is 0.858. The molecule has 0 aliphatic heterocycles. The van der Waals surface area contributed by atoms with Crippen LogP contribution < -0.4 is 10.1 Å². The molecule has 2 nitrogen and oxygen atoms in total. The fourth-order valence-corrected chi connectivity index (χ4v) is 3.65. The molecule has 0 radical (unpaired) electrons. The van der Waals surface area contributed by atoms with Gasteiger partial charge in [-0.05, 0) is 61.3 Å². The van der Waals surface area contributed by atoms with Crippen molar-refractivity contribution in [3.05, 3.63) is 29.8 Å². The van der Waals surface area contributed by atoms with Gasteiger partial charge in [-0.15, -0.1) is 0 Å². The summed E-state index contributed by atoms with van der Waals surface area (Å²) in [5.74, 6) is 3.88. The molecule has 98 valence electrons. The molecule has 2 heteroatoms. The number of hydrogen-bond donors (Lipinski definition) is 1. The third-order valence-electron chi connectivity index (χ3n) is 4.63.